The number of aryl methyl sites for hydroxylation is 1. The highest BCUT2D eigenvalue weighted by Gasteiger charge is 2.23. The van der Waals surface area contributed by atoms with E-state index in [1.807, 2.05) is 30.4 Å². The van der Waals surface area contributed by atoms with Crippen LogP contribution in [0.2, 0.25) is 10.0 Å². The number of sulfone groups is 1. The lowest BCUT2D eigenvalue weighted by Crippen LogP contribution is -2.44. The molecule has 1 atom stereocenters. The van der Waals surface area contributed by atoms with Gasteiger partial charge < -0.3 is 15.2 Å². The normalized spacial score (nSPS) is 12.3. The fraction of sp³-hybridized carbons (Fsp3) is 0.121. The number of benzene rings is 4. The molecule has 45 heavy (non-hydrogen) atoms. The number of aliphatic carboxylic acids is 1. The Morgan fingerprint density at radius 3 is 2.40 bits per heavy atom. The zero-order valence-corrected chi connectivity index (χ0v) is 26.7. The van der Waals surface area contributed by atoms with Crippen LogP contribution in [0, 0.1) is 0 Å². The first-order valence-electron chi connectivity index (χ1n) is 13.7. The van der Waals surface area contributed by atoms with E-state index in [1.54, 1.807) is 60.7 Å². The van der Waals surface area contributed by atoms with Crippen molar-refractivity contribution in [2.75, 3.05) is 5.75 Å². The monoisotopic (exact) mass is 680 g/mol. The number of carboxylic acids is 1. The smallest absolute Gasteiger partial charge is 0.366 e. The first-order chi connectivity index (χ1) is 21.6. The lowest BCUT2D eigenvalue weighted by molar-refractivity contribution is -0.146. The Morgan fingerprint density at radius 1 is 0.956 bits per heavy atom. The Kier molecular flexibility index (Phi) is 10.2. The molecule has 0 aliphatic heterocycles. The van der Waals surface area contributed by atoms with E-state index >= 15 is 0 Å². The minimum absolute atomic E-state index is 0.0339. The quantitative estimate of drug-likeness (QED) is 0.132. The maximum atomic E-state index is 12.9. The summed E-state index contributed by atoms with van der Waals surface area (Å²) in [5.41, 5.74) is 2.55. The number of ether oxygens (including phenoxy) is 1. The molecule has 0 saturated carbocycles. The number of hydrogen-bond donors (Lipinski definition) is 2. The number of fused-ring (bicyclic) bond motifs is 1. The van der Waals surface area contributed by atoms with Gasteiger partial charge in [-0.2, -0.15) is 0 Å². The fourth-order valence-electron chi connectivity index (χ4n) is 4.40. The molecular weight excluding hydrogens is 655 g/mol. The van der Waals surface area contributed by atoms with Crippen molar-refractivity contribution in [3.8, 4) is 5.75 Å². The van der Waals surface area contributed by atoms with Crippen LogP contribution < -0.4 is 10.1 Å². The second-order valence-corrected chi connectivity index (χ2v) is 13.9. The standard InChI is InChI=1S/C33H26Cl2N2O6S2/c34-24-12-16-26(17-13-24)45(41,42)19-3-5-21-9-14-25(15-10-21)43-32(33(39)40)37-31(38)23-6-1-4-22(20-23)11-18-29-36-30-27(35)7-2-8-28(30)44-29/h1-2,4,6-18,20,32H,3,5,19H2,(H,37,38)(H,39,40). The largest absolute Gasteiger partial charge is 0.477 e. The maximum absolute atomic E-state index is 12.9. The van der Waals surface area contributed by atoms with Gasteiger partial charge in [0.15, 0.2) is 9.84 Å². The van der Waals surface area contributed by atoms with Gasteiger partial charge in [-0.1, -0.05) is 59.6 Å². The predicted molar refractivity (Wildman–Crippen MR) is 178 cm³/mol. The Hall–Kier alpha value is -4.22. The summed E-state index contributed by atoms with van der Waals surface area (Å²) in [7, 11) is -3.44. The summed E-state index contributed by atoms with van der Waals surface area (Å²) in [5.74, 6) is -1.80. The molecule has 0 fully saturated rings. The van der Waals surface area contributed by atoms with E-state index in [-0.39, 0.29) is 22.0 Å². The van der Waals surface area contributed by atoms with Crippen LogP contribution in [-0.2, 0) is 21.1 Å². The van der Waals surface area contributed by atoms with Crippen molar-refractivity contribution in [2.45, 2.75) is 24.0 Å². The number of nitrogens with one attached hydrogen (secondary N) is 1. The molecule has 0 spiro atoms. The van der Waals surface area contributed by atoms with E-state index < -0.39 is 27.9 Å². The average molecular weight is 682 g/mol. The molecule has 2 N–H and O–H groups in total. The van der Waals surface area contributed by atoms with Crippen LogP contribution >= 0.6 is 34.5 Å². The Bertz CT molecular complexity index is 1980. The zero-order chi connectivity index (χ0) is 32.0. The summed E-state index contributed by atoms with van der Waals surface area (Å²) in [6, 6.07) is 24.9. The maximum Gasteiger partial charge on any atom is 0.366 e. The van der Waals surface area contributed by atoms with Crippen LogP contribution in [0.3, 0.4) is 0 Å². The van der Waals surface area contributed by atoms with Gasteiger partial charge in [-0.05, 0) is 90.7 Å². The molecule has 0 bridgehead atoms. The van der Waals surface area contributed by atoms with Crippen molar-refractivity contribution < 1.29 is 27.9 Å². The fourth-order valence-corrected chi connectivity index (χ4v) is 7.00. The molecule has 5 rings (SSSR count). The third kappa shape index (κ3) is 8.49. The molecule has 1 amide bonds. The number of carbonyl (C=O) groups is 2. The van der Waals surface area contributed by atoms with Gasteiger partial charge in [0.1, 0.15) is 16.3 Å². The SMILES string of the molecule is O=C(NC(Oc1ccc(CCCS(=O)(=O)c2ccc(Cl)cc2)cc1)C(=O)O)c1cccc(C=Cc2nc3c(Cl)cccc3s2)c1. The summed E-state index contributed by atoms with van der Waals surface area (Å²) in [6.07, 6.45) is 2.87. The van der Waals surface area contributed by atoms with Crippen LogP contribution in [0.5, 0.6) is 5.75 Å². The van der Waals surface area contributed by atoms with Gasteiger partial charge in [-0.25, -0.2) is 18.2 Å². The number of nitrogens with zero attached hydrogens (tertiary/aromatic N) is 1. The second-order valence-electron chi connectivity index (χ2n) is 9.93. The minimum atomic E-state index is -3.44. The molecule has 1 heterocycles. The third-order valence-electron chi connectivity index (χ3n) is 6.67. The van der Waals surface area contributed by atoms with Crippen molar-refractivity contribution in [3.63, 3.8) is 0 Å². The molecule has 1 unspecified atom stereocenters. The van der Waals surface area contributed by atoms with Crippen molar-refractivity contribution in [1.29, 1.82) is 0 Å². The topological polar surface area (TPSA) is 123 Å². The molecule has 5 aromatic rings. The van der Waals surface area contributed by atoms with Gasteiger partial charge in [-0.3, -0.25) is 4.79 Å². The van der Waals surface area contributed by atoms with Gasteiger partial charge in [0.25, 0.3) is 12.1 Å². The van der Waals surface area contributed by atoms with Gasteiger partial charge in [0, 0.05) is 10.6 Å². The number of halogens is 2. The van der Waals surface area contributed by atoms with Crippen LogP contribution in [0.1, 0.15) is 32.9 Å². The number of amides is 1. The van der Waals surface area contributed by atoms with Gasteiger partial charge in [0.05, 0.1) is 20.4 Å². The van der Waals surface area contributed by atoms with Gasteiger partial charge >= 0.3 is 5.97 Å². The Morgan fingerprint density at radius 2 is 1.69 bits per heavy atom. The number of rotatable bonds is 12. The predicted octanol–water partition coefficient (Wildman–Crippen LogP) is 7.40. The highest BCUT2D eigenvalue weighted by Crippen LogP contribution is 2.29. The zero-order valence-electron chi connectivity index (χ0n) is 23.5. The van der Waals surface area contributed by atoms with E-state index in [9.17, 15) is 23.1 Å². The van der Waals surface area contributed by atoms with Crippen molar-refractivity contribution >= 4 is 78.6 Å². The molecule has 0 aliphatic carbocycles. The first kappa shape index (κ1) is 32.2. The lowest BCUT2D eigenvalue weighted by atomic mass is 10.1. The lowest BCUT2D eigenvalue weighted by Gasteiger charge is -2.17. The molecule has 1 aromatic heterocycles. The van der Waals surface area contributed by atoms with Crippen LogP contribution in [0.25, 0.3) is 22.4 Å². The highest BCUT2D eigenvalue weighted by atomic mass is 35.5. The molecule has 0 radical (unpaired) electrons. The van der Waals surface area contributed by atoms with E-state index in [0.717, 1.165) is 26.4 Å². The van der Waals surface area contributed by atoms with Crippen molar-refractivity contribution in [3.05, 3.63) is 123 Å². The van der Waals surface area contributed by atoms with E-state index in [1.165, 1.54) is 23.5 Å². The van der Waals surface area contributed by atoms with E-state index in [2.05, 4.69) is 10.3 Å². The number of carboxylic acid groups (broad SMARTS) is 1. The number of carbonyl (C=O) groups excluding carboxylic acids is 1. The summed E-state index contributed by atoms with van der Waals surface area (Å²) >= 11 is 13.6. The second kappa shape index (κ2) is 14.3. The summed E-state index contributed by atoms with van der Waals surface area (Å²) < 4.78 is 31.6. The van der Waals surface area contributed by atoms with Crippen molar-refractivity contribution in [1.82, 2.24) is 10.3 Å². The molecule has 0 aliphatic rings. The molecule has 230 valence electrons. The Balaban J connectivity index is 1.17. The summed E-state index contributed by atoms with van der Waals surface area (Å²) in [6.45, 7) is 0. The third-order valence-corrected chi connectivity index (χ3v) is 10.0. The number of hydrogen-bond acceptors (Lipinski definition) is 7. The van der Waals surface area contributed by atoms with Crippen LogP contribution in [0.4, 0.5) is 0 Å². The summed E-state index contributed by atoms with van der Waals surface area (Å²) in [5, 5.41) is 13.9. The first-order valence-corrected chi connectivity index (χ1v) is 16.9. The number of thiazole rings is 1. The average Bonchev–Trinajstić information content (AvgIpc) is 3.45. The molecular formula is C33H26Cl2N2O6S2. The molecule has 8 nitrogen and oxygen atoms in total. The van der Waals surface area contributed by atoms with E-state index in [4.69, 9.17) is 27.9 Å². The van der Waals surface area contributed by atoms with Crippen LogP contribution in [0.15, 0.2) is 95.9 Å². The highest BCUT2D eigenvalue weighted by molar-refractivity contribution is 7.91. The number of aromatic nitrogens is 1. The van der Waals surface area contributed by atoms with E-state index in [0.29, 0.717) is 22.9 Å². The molecule has 12 heteroatoms. The Labute approximate surface area is 273 Å². The summed E-state index contributed by atoms with van der Waals surface area (Å²) in [4.78, 5) is 29.6. The molecule has 4 aromatic carbocycles. The van der Waals surface area contributed by atoms with Crippen LogP contribution in [-0.4, -0.2) is 42.4 Å². The van der Waals surface area contributed by atoms with Crippen molar-refractivity contribution in [2.24, 2.45) is 0 Å². The van der Waals surface area contributed by atoms with Gasteiger partial charge in [-0.15, -0.1) is 11.3 Å². The van der Waals surface area contributed by atoms with Gasteiger partial charge in [0.2, 0.25) is 0 Å². The molecule has 0 saturated heterocycles. The number of para-hydroxylation sites is 1. The minimum Gasteiger partial charge on any atom is -0.477 e.